The van der Waals surface area contributed by atoms with Gasteiger partial charge in [0.15, 0.2) is 0 Å². The molecule has 7 rings (SSSR count). The molecule has 0 bridgehead atoms. The number of amides is 1. The van der Waals surface area contributed by atoms with E-state index in [9.17, 15) is 13.2 Å². The molecular formula is C33H35N5O3S. The van der Waals surface area contributed by atoms with Crippen LogP contribution >= 0.6 is 0 Å². The van der Waals surface area contributed by atoms with Gasteiger partial charge in [-0.05, 0) is 53.9 Å². The third-order valence-electron chi connectivity index (χ3n) is 8.92. The molecule has 0 spiro atoms. The van der Waals surface area contributed by atoms with E-state index < -0.39 is 10.0 Å². The molecule has 0 aliphatic carbocycles. The zero-order chi connectivity index (χ0) is 28.8. The van der Waals surface area contributed by atoms with Crippen LogP contribution < -0.4 is 5.32 Å². The number of hydrogen-bond acceptors (Lipinski definition) is 6. The van der Waals surface area contributed by atoms with E-state index in [1.165, 1.54) is 0 Å². The number of nitrogens with zero attached hydrogens (tertiary/aromatic N) is 4. The van der Waals surface area contributed by atoms with E-state index in [-0.39, 0.29) is 11.9 Å². The van der Waals surface area contributed by atoms with E-state index in [0.29, 0.717) is 62.7 Å². The fraction of sp³-hybridized carbons (Fsp3) is 0.333. The largest absolute Gasteiger partial charge is 0.334 e. The molecule has 0 saturated carbocycles. The van der Waals surface area contributed by atoms with Crippen LogP contribution in [0.25, 0.3) is 10.9 Å². The molecule has 1 aromatic heterocycles. The molecule has 3 aliphatic rings. The number of aromatic nitrogens is 1. The van der Waals surface area contributed by atoms with E-state index in [0.717, 1.165) is 45.3 Å². The Balaban J connectivity index is 1.19. The van der Waals surface area contributed by atoms with Gasteiger partial charge in [-0.25, -0.2) is 8.42 Å². The Morgan fingerprint density at radius 1 is 0.905 bits per heavy atom. The Kier molecular flexibility index (Phi) is 7.06. The van der Waals surface area contributed by atoms with Crippen molar-refractivity contribution in [2.24, 2.45) is 0 Å². The quantitative estimate of drug-likeness (QED) is 0.375. The summed E-state index contributed by atoms with van der Waals surface area (Å²) in [5.41, 5.74) is 6.25. The standard InChI is InChI=1S/C33H35N5O3S/c1-36-18-20-38(21-19-36)42(40,41)29-11-5-7-24-14-16-34-32(31(24)29)27-9-4-8-25-22-37(33(39)30(25)27)17-15-26-13-12-23-6-2-3-10-28(23)35-26/h2-13,32,34H,14-22H2,1H3. The lowest BCUT2D eigenvalue weighted by Crippen LogP contribution is -2.47. The third-order valence-corrected chi connectivity index (χ3v) is 10.9. The van der Waals surface area contributed by atoms with Crippen molar-refractivity contribution in [3.8, 4) is 0 Å². The lowest BCUT2D eigenvalue weighted by molar-refractivity contribution is 0.0778. The molecule has 1 fully saturated rings. The number of sulfonamides is 1. The molecule has 9 heteroatoms. The first-order chi connectivity index (χ1) is 20.4. The van der Waals surface area contributed by atoms with Crippen molar-refractivity contribution in [1.82, 2.24) is 24.4 Å². The number of carbonyl (C=O) groups excluding carboxylic acids is 1. The van der Waals surface area contributed by atoms with Crippen LogP contribution in [0, 0.1) is 0 Å². The molecule has 1 saturated heterocycles. The summed E-state index contributed by atoms with van der Waals surface area (Å²) in [5, 5.41) is 4.68. The van der Waals surface area contributed by atoms with E-state index in [1.54, 1.807) is 10.4 Å². The van der Waals surface area contributed by atoms with Crippen LogP contribution in [0.4, 0.5) is 0 Å². The monoisotopic (exact) mass is 581 g/mol. The molecule has 1 amide bonds. The molecular weight excluding hydrogens is 546 g/mol. The maximum Gasteiger partial charge on any atom is 0.254 e. The van der Waals surface area contributed by atoms with Gasteiger partial charge in [-0.3, -0.25) is 9.78 Å². The maximum absolute atomic E-state index is 14.0. The predicted molar refractivity (Wildman–Crippen MR) is 163 cm³/mol. The lowest BCUT2D eigenvalue weighted by atomic mass is 9.86. The van der Waals surface area contributed by atoms with Gasteiger partial charge in [-0.15, -0.1) is 0 Å². The number of carbonyl (C=O) groups is 1. The zero-order valence-electron chi connectivity index (χ0n) is 23.8. The Morgan fingerprint density at radius 2 is 1.69 bits per heavy atom. The number of benzene rings is 3. The number of rotatable bonds is 6. The summed E-state index contributed by atoms with van der Waals surface area (Å²) in [6.45, 7) is 4.18. The fourth-order valence-electron chi connectivity index (χ4n) is 6.61. The molecule has 42 heavy (non-hydrogen) atoms. The van der Waals surface area contributed by atoms with E-state index in [1.807, 2.05) is 72.6 Å². The first-order valence-electron chi connectivity index (χ1n) is 14.7. The summed E-state index contributed by atoms with van der Waals surface area (Å²) >= 11 is 0. The van der Waals surface area contributed by atoms with Gasteiger partial charge in [0.05, 0.1) is 16.5 Å². The van der Waals surface area contributed by atoms with Gasteiger partial charge in [0, 0.05) is 68.9 Å². The fourth-order valence-corrected chi connectivity index (χ4v) is 8.31. The Hall–Kier alpha value is -3.63. The molecule has 0 radical (unpaired) electrons. The number of fused-ring (bicyclic) bond motifs is 3. The number of para-hydroxylation sites is 1. The summed E-state index contributed by atoms with van der Waals surface area (Å²) in [4.78, 5) is 23.1. The first kappa shape index (κ1) is 27.2. The van der Waals surface area contributed by atoms with Crippen molar-refractivity contribution in [1.29, 1.82) is 0 Å². The van der Waals surface area contributed by atoms with Gasteiger partial charge in [-0.1, -0.05) is 54.6 Å². The highest BCUT2D eigenvalue weighted by atomic mass is 32.2. The van der Waals surface area contributed by atoms with Crippen LogP contribution in [0.5, 0.6) is 0 Å². The second-order valence-electron chi connectivity index (χ2n) is 11.5. The lowest BCUT2D eigenvalue weighted by Gasteiger charge is -2.34. The highest BCUT2D eigenvalue weighted by molar-refractivity contribution is 7.89. The predicted octanol–water partition coefficient (Wildman–Crippen LogP) is 3.60. The number of piperazine rings is 1. The van der Waals surface area contributed by atoms with Gasteiger partial charge < -0.3 is 15.1 Å². The van der Waals surface area contributed by atoms with Gasteiger partial charge in [0.25, 0.3) is 5.91 Å². The second kappa shape index (κ2) is 10.9. The van der Waals surface area contributed by atoms with Crippen molar-refractivity contribution in [3.63, 3.8) is 0 Å². The topological polar surface area (TPSA) is 85.9 Å². The highest BCUT2D eigenvalue weighted by Crippen LogP contribution is 2.39. The molecule has 1 atom stereocenters. The molecule has 8 nitrogen and oxygen atoms in total. The molecule has 216 valence electrons. The highest BCUT2D eigenvalue weighted by Gasteiger charge is 2.38. The minimum atomic E-state index is -3.70. The van der Waals surface area contributed by atoms with E-state index in [2.05, 4.69) is 16.3 Å². The molecule has 4 aromatic rings. The van der Waals surface area contributed by atoms with Crippen LogP contribution in [0.1, 0.15) is 44.3 Å². The van der Waals surface area contributed by atoms with Crippen molar-refractivity contribution in [2.75, 3.05) is 46.3 Å². The Bertz CT molecular complexity index is 1780. The van der Waals surface area contributed by atoms with E-state index in [4.69, 9.17) is 4.98 Å². The molecule has 3 aromatic carbocycles. The average Bonchev–Trinajstić information content (AvgIpc) is 3.34. The average molecular weight is 582 g/mol. The van der Waals surface area contributed by atoms with Gasteiger partial charge in [0.2, 0.25) is 10.0 Å². The Morgan fingerprint density at radius 3 is 2.55 bits per heavy atom. The van der Waals surface area contributed by atoms with Crippen molar-refractivity contribution < 1.29 is 13.2 Å². The van der Waals surface area contributed by atoms with Crippen LogP contribution in [0.3, 0.4) is 0 Å². The van der Waals surface area contributed by atoms with Gasteiger partial charge >= 0.3 is 0 Å². The summed E-state index contributed by atoms with van der Waals surface area (Å²) in [6.07, 6.45) is 1.41. The number of hydrogen-bond donors (Lipinski definition) is 1. The number of likely N-dealkylation sites (N-methyl/N-ethyl adjacent to an activating group) is 1. The maximum atomic E-state index is 14.0. The van der Waals surface area contributed by atoms with Gasteiger partial charge in [0.1, 0.15) is 0 Å². The van der Waals surface area contributed by atoms with Crippen LogP contribution in [0.15, 0.2) is 77.7 Å². The van der Waals surface area contributed by atoms with Crippen LogP contribution in [-0.4, -0.2) is 79.7 Å². The summed E-state index contributed by atoms with van der Waals surface area (Å²) in [7, 11) is -1.68. The van der Waals surface area contributed by atoms with Crippen LogP contribution in [0.2, 0.25) is 0 Å². The minimum Gasteiger partial charge on any atom is -0.334 e. The Labute approximate surface area is 247 Å². The van der Waals surface area contributed by atoms with Gasteiger partial charge in [-0.2, -0.15) is 4.31 Å². The van der Waals surface area contributed by atoms with Crippen LogP contribution in [-0.2, 0) is 29.4 Å². The molecule has 1 N–H and O–H groups in total. The summed E-state index contributed by atoms with van der Waals surface area (Å²) in [6, 6.07) is 23.4. The summed E-state index contributed by atoms with van der Waals surface area (Å²) in [5.74, 6) is -0.00489. The number of pyridine rings is 1. The van der Waals surface area contributed by atoms with E-state index >= 15 is 0 Å². The van der Waals surface area contributed by atoms with Crippen molar-refractivity contribution in [2.45, 2.75) is 30.3 Å². The SMILES string of the molecule is CN1CCN(S(=O)(=O)c2cccc3c2C(c2cccc4c2C(=O)N(CCc2ccc5ccccc5n2)C4)NCC3)CC1. The normalized spacial score (nSPS) is 19.7. The van der Waals surface area contributed by atoms with Crippen molar-refractivity contribution in [3.05, 3.63) is 106 Å². The molecule has 3 aliphatic heterocycles. The molecule has 1 unspecified atom stereocenters. The second-order valence-corrected chi connectivity index (χ2v) is 13.4. The molecule has 4 heterocycles. The van der Waals surface area contributed by atoms with Crippen molar-refractivity contribution >= 4 is 26.8 Å². The summed E-state index contributed by atoms with van der Waals surface area (Å²) < 4.78 is 29.6. The smallest absolute Gasteiger partial charge is 0.254 e. The number of nitrogens with one attached hydrogen (secondary N) is 1. The minimum absolute atomic E-state index is 0.00489. The first-order valence-corrected chi connectivity index (χ1v) is 16.1. The zero-order valence-corrected chi connectivity index (χ0v) is 24.6. The third kappa shape index (κ3) is 4.80.